The lowest BCUT2D eigenvalue weighted by Crippen LogP contribution is -2.32. The van der Waals surface area contributed by atoms with Crippen molar-refractivity contribution >= 4 is 5.82 Å². The molecule has 1 unspecified atom stereocenters. The van der Waals surface area contributed by atoms with Crippen LogP contribution < -0.4 is 10.2 Å². The predicted octanol–water partition coefficient (Wildman–Crippen LogP) is 8.03. The molecule has 2 saturated carbocycles. The molecule has 0 bridgehead atoms. The van der Waals surface area contributed by atoms with Gasteiger partial charge in [-0.1, -0.05) is 13.8 Å². The summed E-state index contributed by atoms with van der Waals surface area (Å²) >= 11 is 0. The van der Waals surface area contributed by atoms with Crippen LogP contribution in [0.5, 0.6) is 0 Å². The molecule has 1 atom stereocenters. The lowest BCUT2D eigenvalue weighted by molar-refractivity contribution is -0.143. The molecule has 0 saturated heterocycles. The molecule has 0 aliphatic heterocycles. The molecule has 7 nitrogen and oxygen atoms in total. The highest BCUT2D eigenvalue weighted by Gasteiger charge is 2.39. The zero-order valence-corrected chi connectivity index (χ0v) is 26.7. The minimum atomic E-state index is -5.00. The highest BCUT2D eigenvalue weighted by atomic mass is 19.4. The standard InChI is InChI=1S/C35H37F6N7/c1-33(2)9-7-22-11-24(32(46-30(22)33)48(18-20-3-4-20)19-21-5-6-21)15-42-29(31-43-16-25(17-44-31)28-8-10-45-47-28)23-12-26(34(36,37)38)14-27(13-23)35(39,40)41/h8,10-14,16-17,20-21,29,42H,3-7,9,15,18-19H2,1-2H3,(H,45,47). The van der Waals surface area contributed by atoms with Gasteiger partial charge in [0.05, 0.1) is 28.6 Å². The number of hydrogen-bond acceptors (Lipinski definition) is 6. The van der Waals surface area contributed by atoms with Crippen molar-refractivity contribution in [2.75, 3.05) is 18.0 Å². The number of aryl methyl sites for hydroxylation is 1. The number of H-pyrrole nitrogens is 1. The first-order valence-corrected chi connectivity index (χ1v) is 16.4. The summed E-state index contributed by atoms with van der Waals surface area (Å²) in [6, 6.07) is 4.26. The van der Waals surface area contributed by atoms with E-state index in [1.807, 2.05) is 0 Å². The molecule has 13 heteroatoms. The first kappa shape index (κ1) is 32.5. The van der Waals surface area contributed by atoms with Gasteiger partial charge in [0.1, 0.15) is 11.6 Å². The van der Waals surface area contributed by atoms with Crippen LogP contribution in [0.4, 0.5) is 32.2 Å². The molecular formula is C35H37F6N7. The molecule has 0 spiro atoms. The lowest BCUT2D eigenvalue weighted by Gasteiger charge is -2.29. The van der Waals surface area contributed by atoms with Gasteiger partial charge >= 0.3 is 12.4 Å². The van der Waals surface area contributed by atoms with Gasteiger partial charge in [0.2, 0.25) is 0 Å². The Morgan fingerprint density at radius 3 is 2.08 bits per heavy atom. The Morgan fingerprint density at radius 1 is 0.917 bits per heavy atom. The maximum atomic E-state index is 14.0. The number of hydrogen-bond donors (Lipinski definition) is 2. The summed E-state index contributed by atoms with van der Waals surface area (Å²) in [5.74, 6) is 2.05. The van der Waals surface area contributed by atoms with E-state index in [-0.39, 0.29) is 29.4 Å². The van der Waals surface area contributed by atoms with Crippen molar-refractivity contribution in [1.82, 2.24) is 30.5 Å². The Balaban J connectivity index is 1.30. The summed E-state index contributed by atoms with van der Waals surface area (Å²) in [4.78, 5) is 16.5. The summed E-state index contributed by atoms with van der Waals surface area (Å²) in [6.07, 6.45) is 0.984. The minimum Gasteiger partial charge on any atom is -0.356 e. The van der Waals surface area contributed by atoms with Gasteiger partial charge in [-0.2, -0.15) is 31.4 Å². The molecule has 2 N–H and O–H groups in total. The van der Waals surface area contributed by atoms with E-state index in [9.17, 15) is 26.3 Å². The molecule has 0 amide bonds. The summed E-state index contributed by atoms with van der Waals surface area (Å²) in [5.41, 5.74) is 0.994. The van der Waals surface area contributed by atoms with Crippen molar-refractivity contribution in [3.8, 4) is 11.3 Å². The van der Waals surface area contributed by atoms with Crippen LogP contribution in [0.3, 0.4) is 0 Å². The van der Waals surface area contributed by atoms with Gasteiger partial charge in [0.15, 0.2) is 0 Å². The average Bonchev–Trinajstić information content (AvgIpc) is 3.96. The van der Waals surface area contributed by atoms with E-state index < -0.39 is 29.5 Å². The Morgan fingerprint density at radius 2 is 1.54 bits per heavy atom. The highest BCUT2D eigenvalue weighted by Crippen LogP contribution is 2.42. The van der Waals surface area contributed by atoms with Crippen LogP contribution in [0.2, 0.25) is 0 Å². The van der Waals surface area contributed by atoms with E-state index in [4.69, 9.17) is 4.98 Å². The van der Waals surface area contributed by atoms with Crippen LogP contribution in [0.1, 0.15) is 91.3 Å². The van der Waals surface area contributed by atoms with Crippen LogP contribution in [-0.2, 0) is 30.7 Å². The Hall–Kier alpha value is -4.00. The summed E-state index contributed by atoms with van der Waals surface area (Å²) in [7, 11) is 0. The monoisotopic (exact) mass is 669 g/mol. The lowest BCUT2D eigenvalue weighted by atomic mass is 9.90. The van der Waals surface area contributed by atoms with Crippen molar-refractivity contribution in [3.63, 3.8) is 0 Å². The maximum absolute atomic E-state index is 14.0. The summed E-state index contributed by atoms with van der Waals surface area (Å²) in [6.45, 7) is 6.25. The van der Waals surface area contributed by atoms with Crippen molar-refractivity contribution in [2.45, 2.75) is 82.7 Å². The molecule has 3 aliphatic carbocycles. The third-order valence-corrected chi connectivity index (χ3v) is 9.63. The number of anilines is 1. The number of benzene rings is 1. The van der Waals surface area contributed by atoms with Gasteiger partial charge in [-0.25, -0.2) is 15.0 Å². The molecule has 3 heterocycles. The number of aromatic amines is 1. The Labute approximate surface area is 274 Å². The first-order valence-electron chi connectivity index (χ1n) is 16.4. The molecule has 2 fully saturated rings. The molecule has 3 aliphatic rings. The Bertz CT molecular complexity index is 1710. The number of fused-ring (bicyclic) bond motifs is 1. The number of aromatic nitrogens is 5. The molecule has 48 heavy (non-hydrogen) atoms. The molecule has 7 rings (SSSR count). The van der Waals surface area contributed by atoms with Crippen molar-refractivity contribution in [2.24, 2.45) is 11.8 Å². The average molecular weight is 670 g/mol. The van der Waals surface area contributed by atoms with E-state index in [0.29, 0.717) is 23.1 Å². The summed E-state index contributed by atoms with van der Waals surface area (Å²) < 4.78 is 83.8. The van der Waals surface area contributed by atoms with Crippen molar-refractivity contribution in [3.05, 3.63) is 88.3 Å². The Kier molecular flexibility index (Phi) is 8.24. The molecule has 254 valence electrons. The van der Waals surface area contributed by atoms with E-state index in [0.717, 1.165) is 86.4 Å². The second-order valence-electron chi connectivity index (χ2n) is 14.1. The first-order chi connectivity index (χ1) is 22.7. The molecule has 0 radical (unpaired) electrons. The number of pyridine rings is 1. The van der Waals surface area contributed by atoms with Crippen LogP contribution in [0.25, 0.3) is 11.3 Å². The van der Waals surface area contributed by atoms with Crippen LogP contribution in [-0.4, -0.2) is 38.2 Å². The predicted molar refractivity (Wildman–Crippen MR) is 168 cm³/mol. The number of nitrogens with zero attached hydrogens (tertiary/aromatic N) is 5. The van der Waals surface area contributed by atoms with Gasteiger partial charge in [-0.05, 0) is 91.8 Å². The van der Waals surface area contributed by atoms with Crippen molar-refractivity contribution < 1.29 is 26.3 Å². The number of rotatable bonds is 11. The number of alkyl halides is 6. The normalized spacial score (nSPS) is 18.2. The quantitative estimate of drug-likeness (QED) is 0.158. The van der Waals surface area contributed by atoms with E-state index in [1.54, 1.807) is 12.3 Å². The second-order valence-corrected chi connectivity index (χ2v) is 14.1. The largest absolute Gasteiger partial charge is 0.416 e. The van der Waals surface area contributed by atoms with Crippen LogP contribution in [0, 0.1) is 11.8 Å². The van der Waals surface area contributed by atoms with Gasteiger partial charge in [-0.3, -0.25) is 10.4 Å². The zero-order valence-electron chi connectivity index (χ0n) is 26.7. The van der Waals surface area contributed by atoms with E-state index in [2.05, 4.69) is 50.3 Å². The SMILES string of the molecule is CC1(C)CCc2cc(CNC(c3cc(C(F)(F)F)cc(C(F)(F)F)c3)c3ncc(-c4cc[nH]n4)cn3)c(N(CC3CC3)CC3CC3)nc21. The number of halogens is 6. The second kappa shape index (κ2) is 12.2. The van der Waals surface area contributed by atoms with Gasteiger partial charge < -0.3 is 4.90 Å². The molecule has 4 aromatic rings. The third-order valence-electron chi connectivity index (χ3n) is 9.63. The van der Waals surface area contributed by atoms with Gasteiger partial charge in [-0.15, -0.1) is 0 Å². The van der Waals surface area contributed by atoms with Crippen molar-refractivity contribution in [1.29, 1.82) is 0 Å². The van der Waals surface area contributed by atoms with Gasteiger partial charge in [0.25, 0.3) is 0 Å². The summed E-state index contributed by atoms with van der Waals surface area (Å²) in [5, 5.41) is 10.1. The topological polar surface area (TPSA) is 82.6 Å². The van der Waals surface area contributed by atoms with E-state index in [1.165, 1.54) is 12.4 Å². The zero-order chi connectivity index (χ0) is 33.8. The number of nitrogens with one attached hydrogen (secondary N) is 2. The minimum absolute atomic E-state index is 0.0337. The third kappa shape index (κ3) is 7.06. The highest BCUT2D eigenvalue weighted by molar-refractivity contribution is 5.56. The fourth-order valence-electron chi connectivity index (χ4n) is 6.57. The molecular weight excluding hydrogens is 632 g/mol. The van der Waals surface area contributed by atoms with Crippen LogP contribution in [0.15, 0.2) is 48.9 Å². The van der Waals surface area contributed by atoms with E-state index >= 15 is 0 Å². The smallest absolute Gasteiger partial charge is 0.356 e. The molecule has 1 aromatic carbocycles. The molecule has 3 aromatic heterocycles. The van der Waals surface area contributed by atoms with Crippen LogP contribution >= 0.6 is 0 Å². The van der Waals surface area contributed by atoms with Gasteiger partial charge in [0, 0.05) is 54.8 Å². The maximum Gasteiger partial charge on any atom is 0.416 e. The fraction of sp³-hybridized carbons (Fsp3) is 0.486. The fourth-order valence-corrected chi connectivity index (χ4v) is 6.57.